The molecule has 0 bridgehead atoms. The monoisotopic (exact) mass is 756 g/mol. The topological polar surface area (TPSA) is 296 Å². The molecule has 2 saturated heterocycles. The average Bonchev–Trinajstić information content (AvgIpc) is 3.15. The molecule has 0 spiro atoms. The van der Waals surface area contributed by atoms with Gasteiger partial charge in [-0.2, -0.15) is 0 Å². The third-order valence-electron chi connectivity index (χ3n) is 8.72. The number of phenols is 3. The number of aromatic hydroxyl groups is 3. The highest BCUT2D eigenvalue weighted by Crippen LogP contribution is 2.43. The zero-order chi connectivity index (χ0) is 38.8. The van der Waals surface area contributed by atoms with E-state index in [1.165, 1.54) is 54.6 Å². The van der Waals surface area contributed by atoms with Crippen molar-refractivity contribution in [1.29, 1.82) is 0 Å². The summed E-state index contributed by atoms with van der Waals surface area (Å²) in [4.78, 5) is 25.2. The van der Waals surface area contributed by atoms with Gasteiger partial charge < -0.3 is 79.2 Å². The van der Waals surface area contributed by atoms with Crippen LogP contribution in [0.4, 0.5) is 0 Å². The van der Waals surface area contributed by atoms with Gasteiger partial charge in [0.25, 0.3) is 0 Å². The number of hydrogen-bond acceptors (Lipinski definition) is 18. The minimum absolute atomic E-state index is 0.00851. The van der Waals surface area contributed by atoms with Gasteiger partial charge in [0.05, 0.1) is 12.2 Å². The van der Waals surface area contributed by atoms with Crippen LogP contribution in [0.15, 0.2) is 76.0 Å². The Hall–Kier alpha value is -5.28. The van der Waals surface area contributed by atoms with Crippen LogP contribution in [0.3, 0.4) is 0 Å². The van der Waals surface area contributed by atoms with Gasteiger partial charge in [0.15, 0.2) is 28.4 Å². The molecule has 3 heterocycles. The van der Waals surface area contributed by atoms with Crippen molar-refractivity contribution in [2.45, 2.75) is 61.4 Å². The maximum absolute atomic E-state index is 12.8. The second-order valence-electron chi connectivity index (χ2n) is 12.5. The van der Waals surface area contributed by atoms with Crippen molar-refractivity contribution < 1.29 is 84.0 Å². The number of aliphatic hydroxyl groups excluding tert-OH is 7. The van der Waals surface area contributed by atoms with Gasteiger partial charge in [0.1, 0.15) is 72.7 Å². The number of rotatable bonds is 10. The molecule has 2 aromatic rings. The molecule has 10 atom stereocenters. The van der Waals surface area contributed by atoms with Crippen molar-refractivity contribution in [2.24, 2.45) is 0 Å². The quantitative estimate of drug-likeness (QED) is 0.0535. The van der Waals surface area contributed by atoms with Crippen LogP contribution in [-0.4, -0.2) is 132 Å². The summed E-state index contributed by atoms with van der Waals surface area (Å²) in [6.45, 7) is -1.38. The highest BCUT2D eigenvalue weighted by molar-refractivity contribution is 5.87. The van der Waals surface area contributed by atoms with Crippen LogP contribution < -0.4 is 14.9 Å². The molecule has 10 N–H and O–H groups in total. The molecule has 288 valence electrons. The van der Waals surface area contributed by atoms with Gasteiger partial charge in [-0.05, 0) is 54.1 Å². The largest absolute Gasteiger partial charge is 0.508 e. The van der Waals surface area contributed by atoms with E-state index in [0.717, 1.165) is 18.2 Å². The molecular formula is C36H36O18. The fourth-order valence-electron chi connectivity index (χ4n) is 5.75. The van der Waals surface area contributed by atoms with Crippen LogP contribution in [0.5, 0.6) is 28.7 Å². The summed E-state index contributed by atoms with van der Waals surface area (Å²) in [6, 6.07) is 12.7. The lowest BCUT2D eigenvalue weighted by molar-refractivity contribution is -0.278. The fraction of sp³-hybridized carbons (Fsp3) is 0.333. The SMILES string of the molecule is O=C(C=Cc1ccc(O)c(O)c1)OC[C@H]1O[C@@H](Oc2cc3c(O[C@@H]4O[C@H](CO)[C@@H](O)[C@H](O)[C@H]4O)cc(=O)cc-3oc2-c2ccc(O)cc2)[C@H](O)[C@@H](O)[C@@H]1O. The van der Waals surface area contributed by atoms with Crippen LogP contribution in [0, 0.1) is 0 Å². The van der Waals surface area contributed by atoms with Gasteiger partial charge in [-0.25, -0.2) is 4.79 Å². The van der Waals surface area contributed by atoms with Crippen LogP contribution in [0.1, 0.15) is 5.56 Å². The van der Waals surface area contributed by atoms with Crippen molar-refractivity contribution in [1.82, 2.24) is 0 Å². The minimum atomic E-state index is -1.90. The molecule has 18 nitrogen and oxygen atoms in total. The van der Waals surface area contributed by atoms with E-state index in [0.29, 0.717) is 5.56 Å². The van der Waals surface area contributed by atoms with Crippen molar-refractivity contribution in [3.63, 3.8) is 0 Å². The molecule has 2 aromatic carbocycles. The van der Waals surface area contributed by atoms with Gasteiger partial charge in [-0.3, -0.25) is 4.79 Å². The van der Waals surface area contributed by atoms with E-state index in [-0.39, 0.29) is 45.6 Å². The summed E-state index contributed by atoms with van der Waals surface area (Å²) < 4.78 is 34.2. The number of ether oxygens (including phenoxy) is 5. The number of hydrogen-bond donors (Lipinski definition) is 10. The zero-order valence-electron chi connectivity index (χ0n) is 27.9. The third kappa shape index (κ3) is 8.11. The number of aliphatic hydroxyl groups is 7. The fourth-order valence-corrected chi connectivity index (χ4v) is 5.75. The number of carbonyl (C=O) groups excluding carboxylic acids is 1. The molecule has 2 fully saturated rings. The maximum Gasteiger partial charge on any atom is 0.330 e. The molecule has 0 unspecified atom stereocenters. The van der Waals surface area contributed by atoms with Gasteiger partial charge >= 0.3 is 5.97 Å². The maximum atomic E-state index is 12.8. The van der Waals surface area contributed by atoms with Crippen molar-refractivity contribution in [3.05, 3.63) is 82.5 Å². The summed E-state index contributed by atoms with van der Waals surface area (Å²) >= 11 is 0. The molecule has 0 aromatic heterocycles. The molecule has 1 aliphatic carbocycles. The second-order valence-corrected chi connectivity index (χ2v) is 12.5. The van der Waals surface area contributed by atoms with Crippen LogP contribution in [0.25, 0.3) is 28.7 Å². The third-order valence-corrected chi connectivity index (χ3v) is 8.72. The number of benzene rings is 3. The van der Waals surface area contributed by atoms with Crippen molar-refractivity contribution in [2.75, 3.05) is 13.2 Å². The first kappa shape index (κ1) is 38.4. The Morgan fingerprint density at radius 2 is 1.33 bits per heavy atom. The second kappa shape index (κ2) is 16.0. The van der Waals surface area contributed by atoms with E-state index in [4.69, 9.17) is 28.1 Å². The lowest BCUT2D eigenvalue weighted by atomic mass is 9.99. The number of esters is 1. The molecular weight excluding hydrogens is 720 g/mol. The predicted octanol–water partition coefficient (Wildman–Crippen LogP) is -0.850. The molecule has 18 heteroatoms. The Kier molecular flexibility index (Phi) is 11.4. The van der Waals surface area contributed by atoms with E-state index in [1.807, 2.05) is 0 Å². The summed E-state index contributed by atoms with van der Waals surface area (Å²) in [5.41, 5.74) is 0.00566. The van der Waals surface area contributed by atoms with E-state index in [2.05, 4.69) is 0 Å². The zero-order valence-corrected chi connectivity index (χ0v) is 27.9. The standard InChI is InChI=1S/C36H36O18/c37-13-25-28(43)30(45)32(47)35(53-25)51-23-11-18(39)10-22-19(23)12-24(34(50-22)16-3-5-17(38)6-4-16)52-36-33(48)31(46)29(44)26(54-36)14-49-27(42)8-2-15-1-7-20(40)21(41)9-15/h1-12,25-26,28-33,35-38,40-41,43-48H,13-14H2/t25-,26-,28-,29-,30+,31+,32-,33-,35-,36-/m1/s1. The number of phenolic OH excluding ortho intramolecular Hbond substituents is 3. The van der Waals surface area contributed by atoms with E-state index >= 15 is 0 Å². The summed E-state index contributed by atoms with van der Waals surface area (Å²) in [5, 5.41) is 102. The van der Waals surface area contributed by atoms with Crippen molar-refractivity contribution >= 4 is 12.0 Å². The smallest absolute Gasteiger partial charge is 0.330 e. The Morgan fingerprint density at radius 1 is 0.704 bits per heavy atom. The van der Waals surface area contributed by atoms with Crippen LogP contribution in [0.2, 0.25) is 0 Å². The first-order chi connectivity index (χ1) is 25.7. The Labute approximate surface area is 304 Å². The highest BCUT2D eigenvalue weighted by Gasteiger charge is 2.47. The lowest BCUT2D eigenvalue weighted by Gasteiger charge is -2.40. The molecule has 6 rings (SSSR count). The Morgan fingerprint density at radius 3 is 1.98 bits per heavy atom. The first-order valence-electron chi connectivity index (χ1n) is 16.4. The minimum Gasteiger partial charge on any atom is -0.508 e. The normalized spacial score (nSPS) is 28.6. The molecule has 0 saturated carbocycles. The summed E-state index contributed by atoms with van der Waals surface area (Å²) in [6.07, 6.45) is -14.8. The summed E-state index contributed by atoms with van der Waals surface area (Å²) in [5.74, 6) is -2.46. The van der Waals surface area contributed by atoms with Gasteiger partial charge in [0, 0.05) is 23.8 Å². The molecule has 0 radical (unpaired) electrons. The molecule has 3 aliphatic heterocycles. The molecule has 0 amide bonds. The van der Waals surface area contributed by atoms with E-state index < -0.39 is 91.8 Å². The average molecular weight is 757 g/mol. The molecule has 54 heavy (non-hydrogen) atoms. The summed E-state index contributed by atoms with van der Waals surface area (Å²) in [7, 11) is 0. The molecule has 4 aliphatic rings. The van der Waals surface area contributed by atoms with Gasteiger partial charge in [-0.1, -0.05) is 6.07 Å². The van der Waals surface area contributed by atoms with E-state index in [9.17, 15) is 60.7 Å². The van der Waals surface area contributed by atoms with Crippen molar-refractivity contribution in [3.8, 4) is 51.4 Å². The highest BCUT2D eigenvalue weighted by atomic mass is 16.7. The van der Waals surface area contributed by atoms with E-state index in [1.54, 1.807) is 0 Å². The Bertz CT molecular complexity index is 1990. The van der Waals surface area contributed by atoms with Gasteiger partial charge in [0.2, 0.25) is 12.6 Å². The predicted molar refractivity (Wildman–Crippen MR) is 180 cm³/mol. The van der Waals surface area contributed by atoms with Gasteiger partial charge in [-0.15, -0.1) is 0 Å². The lowest BCUT2D eigenvalue weighted by Crippen LogP contribution is -2.60. The van der Waals surface area contributed by atoms with Crippen LogP contribution >= 0.6 is 0 Å². The van der Waals surface area contributed by atoms with Crippen LogP contribution in [-0.2, 0) is 19.0 Å². The first-order valence-corrected chi connectivity index (χ1v) is 16.4. The number of carbonyl (C=O) groups is 1. The Balaban J connectivity index is 1.29. The number of fused-ring (bicyclic) bond motifs is 1.